The zero-order valence-electron chi connectivity index (χ0n) is 22.1. The first-order valence-electron chi connectivity index (χ1n) is 14.5. The Hall–Kier alpha value is -0.550. The van der Waals surface area contributed by atoms with Gasteiger partial charge in [-0.25, -0.2) is 0 Å². The Morgan fingerprint density at radius 1 is 0.469 bits per heavy atom. The van der Waals surface area contributed by atoms with Gasteiger partial charge in [-0.05, 0) is 0 Å². The first-order chi connectivity index (χ1) is 15.8. The molecular weight excluding hydrogens is 407 g/mol. The molecule has 188 valence electrons. The predicted octanol–water partition coefficient (Wildman–Crippen LogP) is 10.8. The van der Waals surface area contributed by atoms with Crippen molar-refractivity contribution in [2.45, 2.75) is 136 Å². The SMILES string of the molecule is CCCCCCCC[PH](CCCCCCCC)(CCCCCCCC)Oc1ccccc1. The van der Waals surface area contributed by atoms with Gasteiger partial charge in [0, 0.05) is 0 Å². The van der Waals surface area contributed by atoms with Crippen molar-refractivity contribution in [1.29, 1.82) is 0 Å². The molecule has 0 amide bonds. The normalized spacial score (nSPS) is 12.2. The molecule has 1 rings (SSSR count). The van der Waals surface area contributed by atoms with Crippen LogP contribution in [0.3, 0.4) is 0 Å². The Bertz CT molecular complexity index is 460. The summed E-state index contributed by atoms with van der Waals surface area (Å²) in [6, 6.07) is 10.8. The van der Waals surface area contributed by atoms with E-state index in [9.17, 15) is 0 Å². The van der Waals surface area contributed by atoms with E-state index in [4.69, 9.17) is 4.52 Å². The summed E-state index contributed by atoms with van der Waals surface area (Å²) in [6.45, 7) is 6.94. The van der Waals surface area contributed by atoms with Crippen LogP contribution in [0.25, 0.3) is 0 Å². The summed E-state index contributed by atoms with van der Waals surface area (Å²) in [4.78, 5) is 0. The number of para-hydroxylation sites is 1. The van der Waals surface area contributed by atoms with Crippen molar-refractivity contribution in [3.05, 3.63) is 30.3 Å². The van der Waals surface area contributed by atoms with Crippen LogP contribution in [0.15, 0.2) is 30.3 Å². The molecule has 1 aromatic carbocycles. The van der Waals surface area contributed by atoms with Crippen molar-refractivity contribution in [3.63, 3.8) is 0 Å². The van der Waals surface area contributed by atoms with Gasteiger partial charge in [-0.3, -0.25) is 0 Å². The second-order valence-electron chi connectivity index (χ2n) is 10.2. The van der Waals surface area contributed by atoms with Crippen LogP contribution < -0.4 is 4.52 Å². The fourth-order valence-corrected chi connectivity index (χ4v) is 9.32. The molecule has 0 aliphatic rings. The number of rotatable bonds is 23. The molecule has 0 radical (unpaired) electrons. The zero-order valence-corrected chi connectivity index (χ0v) is 23.1. The van der Waals surface area contributed by atoms with Gasteiger partial charge in [-0.15, -0.1) is 0 Å². The van der Waals surface area contributed by atoms with Gasteiger partial charge in [-0.1, -0.05) is 0 Å². The molecule has 0 heterocycles. The van der Waals surface area contributed by atoms with Crippen molar-refractivity contribution in [3.8, 4) is 5.75 Å². The standard InChI is InChI=1S/C30H57OP/c1-4-7-10-13-16-22-27-32(28-23-17-14-11-8-5-2,29-24-18-15-12-9-6-3)31-30-25-20-19-21-26-30/h19-21,25-26,32H,4-18,22-24,27-29H2,1-3H3. The van der Waals surface area contributed by atoms with Crippen molar-refractivity contribution >= 4 is 7.49 Å². The van der Waals surface area contributed by atoms with Gasteiger partial charge < -0.3 is 0 Å². The maximum absolute atomic E-state index is 7.02. The first-order valence-corrected chi connectivity index (χ1v) is 17.0. The average molecular weight is 465 g/mol. The van der Waals surface area contributed by atoms with Gasteiger partial charge in [0.15, 0.2) is 0 Å². The molecule has 0 fully saturated rings. The van der Waals surface area contributed by atoms with Gasteiger partial charge in [0.1, 0.15) is 0 Å². The van der Waals surface area contributed by atoms with Crippen molar-refractivity contribution in [2.24, 2.45) is 0 Å². The van der Waals surface area contributed by atoms with Crippen LogP contribution in [0.2, 0.25) is 0 Å². The third-order valence-electron chi connectivity index (χ3n) is 7.04. The summed E-state index contributed by atoms with van der Waals surface area (Å²) in [6.07, 6.45) is 29.2. The molecular formula is C30H57OP. The monoisotopic (exact) mass is 464 g/mol. The third kappa shape index (κ3) is 15.3. The molecule has 0 aromatic heterocycles. The molecule has 0 saturated carbocycles. The van der Waals surface area contributed by atoms with Crippen LogP contribution in [0.5, 0.6) is 5.75 Å². The van der Waals surface area contributed by atoms with E-state index in [0.29, 0.717) is 0 Å². The van der Waals surface area contributed by atoms with Gasteiger partial charge >= 0.3 is 203 Å². The summed E-state index contributed by atoms with van der Waals surface area (Å²) >= 11 is 0. The molecule has 0 atom stereocenters. The second kappa shape index (κ2) is 21.0. The van der Waals surface area contributed by atoms with E-state index < -0.39 is 7.49 Å². The van der Waals surface area contributed by atoms with Gasteiger partial charge in [-0.2, -0.15) is 0 Å². The van der Waals surface area contributed by atoms with Crippen molar-refractivity contribution in [1.82, 2.24) is 0 Å². The summed E-state index contributed by atoms with van der Waals surface area (Å²) in [5.41, 5.74) is 0. The Kier molecular flexibility index (Phi) is 19.4. The van der Waals surface area contributed by atoms with Crippen LogP contribution in [-0.2, 0) is 0 Å². The molecule has 32 heavy (non-hydrogen) atoms. The van der Waals surface area contributed by atoms with E-state index in [1.54, 1.807) is 0 Å². The molecule has 2 heteroatoms. The van der Waals surface area contributed by atoms with Crippen LogP contribution in [-0.4, -0.2) is 18.5 Å². The van der Waals surface area contributed by atoms with Gasteiger partial charge in [0.2, 0.25) is 0 Å². The number of unbranched alkanes of at least 4 members (excludes halogenated alkanes) is 15. The maximum atomic E-state index is 7.02. The van der Waals surface area contributed by atoms with E-state index >= 15 is 0 Å². The minimum atomic E-state index is -1.74. The fraction of sp³-hybridized carbons (Fsp3) is 0.800. The van der Waals surface area contributed by atoms with E-state index in [-0.39, 0.29) is 0 Å². The second-order valence-corrected chi connectivity index (χ2v) is 14.2. The topological polar surface area (TPSA) is 9.23 Å². The zero-order chi connectivity index (χ0) is 23.2. The Morgan fingerprint density at radius 2 is 0.812 bits per heavy atom. The molecule has 0 bridgehead atoms. The molecule has 1 aromatic rings. The molecule has 0 unspecified atom stereocenters. The molecule has 0 spiro atoms. The van der Waals surface area contributed by atoms with Gasteiger partial charge in [0.05, 0.1) is 0 Å². The summed E-state index contributed by atoms with van der Waals surface area (Å²) in [5, 5.41) is 0. The van der Waals surface area contributed by atoms with Crippen LogP contribution >= 0.6 is 7.49 Å². The Labute approximate surface area is 202 Å². The van der Waals surface area contributed by atoms with Crippen molar-refractivity contribution in [2.75, 3.05) is 18.5 Å². The first kappa shape index (κ1) is 29.5. The van der Waals surface area contributed by atoms with E-state index in [0.717, 1.165) is 5.75 Å². The van der Waals surface area contributed by atoms with Crippen LogP contribution in [0.4, 0.5) is 0 Å². The summed E-state index contributed by atoms with van der Waals surface area (Å²) in [7, 11) is -1.74. The van der Waals surface area contributed by atoms with E-state index in [2.05, 4.69) is 51.1 Å². The third-order valence-corrected chi connectivity index (χ3v) is 11.5. The summed E-state index contributed by atoms with van der Waals surface area (Å²) in [5.74, 6) is 1.14. The van der Waals surface area contributed by atoms with Crippen LogP contribution in [0.1, 0.15) is 136 Å². The molecule has 0 aliphatic carbocycles. The average Bonchev–Trinajstić information content (AvgIpc) is 2.81. The Balaban J connectivity index is 2.70. The molecule has 0 N–H and O–H groups in total. The molecule has 0 saturated heterocycles. The molecule has 0 aliphatic heterocycles. The van der Waals surface area contributed by atoms with Gasteiger partial charge in [0.25, 0.3) is 0 Å². The summed E-state index contributed by atoms with van der Waals surface area (Å²) < 4.78 is 7.02. The van der Waals surface area contributed by atoms with E-state index in [1.165, 1.54) is 134 Å². The van der Waals surface area contributed by atoms with Crippen LogP contribution in [0, 0.1) is 0 Å². The number of benzene rings is 1. The number of hydrogen-bond donors (Lipinski definition) is 0. The predicted molar refractivity (Wildman–Crippen MR) is 150 cm³/mol. The minimum absolute atomic E-state index is 1.14. The number of hydrogen-bond acceptors (Lipinski definition) is 1. The quantitative estimate of drug-likeness (QED) is 0.116. The fourth-order valence-electron chi connectivity index (χ4n) is 4.95. The Morgan fingerprint density at radius 3 is 1.19 bits per heavy atom. The molecule has 1 nitrogen and oxygen atoms in total. The van der Waals surface area contributed by atoms with Crippen molar-refractivity contribution < 1.29 is 4.52 Å². The van der Waals surface area contributed by atoms with E-state index in [1.807, 2.05) is 0 Å².